The minimum Gasteiger partial charge on any atom is -0.481 e. The molecular formula is C15H19ClN2O3. The van der Waals surface area contributed by atoms with Crippen LogP contribution < -0.4 is 5.73 Å². The van der Waals surface area contributed by atoms with E-state index in [0.29, 0.717) is 35.8 Å². The molecule has 0 radical (unpaired) electrons. The van der Waals surface area contributed by atoms with Crippen molar-refractivity contribution in [2.75, 3.05) is 18.8 Å². The van der Waals surface area contributed by atoms with Gasteiger partial charge in [0.2, 0.25) is 0 Å². The van der Waals surface area contributed by atoms with E-state index in [2.05, 4.69) is 0 Å². The van der Waals surface area contributed by atoms with Gasteiger partial charge in [0, 0.05) is 35.8 Å². The van der Waals surface area contributed by atoms with Crippen LogP contribution in [0.5, 0.6) is 0 Å². The van der Waals surface area contributed by atoms with E-state index in [9.17, 15) is 9.59 Å². The standard InChI is InChI=1S/C15H19ClN2O3/c16-12-6-11(7-13(17)8-12)15(21)18-5-1-2-10(9-18)3-4-14(19)20/h6-8,10H,1-5,9,17H2,(H,19,20). The summed E-state index contributed by atoms with van der Waals surface area (Å²) < 4.78 is 0. The van der Waals surface area contributed by atoms with Gasteiger partial charge in [-0.3, -0.25) is 9.59 Å². The number of carboxylic acid groups (broad SMARTS) is 1. The summed E-state index contributed by atoms with van der Waals surface area (Å²) in [5.74, 6) is -0.638. The first-order chi connectivity index (χ1) is 9.95. The molecule has 3 N–H and O–H groups in total. The maximum Gasteiger partial charge on any atom is 0.303 e. The van der Waals surface area contributed by atoms with E-state index in [4.69, 9.17) is 22.4 Å². The number of rotatable bonds is 4. The molecule has 0 saturated carbocycles. The van der Waals surface area contributed by atoms with Crippen molar-refractivity contribution in [3.05, 3.63) is 28.8 Å². The van der Waals surface area contributed by atoms with E-state index >= 15 is 0 Å². The molecule has 1 aliphatic rings. The molecule has 1 unspecified atom stereocenters. The second-order valence-electron chi connectivity index (χ2n) is 5.47. The van der Waals surface area contributed by atoms with Crippen LogP contribution in [0.2, 0.25) is 5.02 Å². The average Bonchev–Trinajstić information content (AvgIpc) is 2.43. The van der Waals surface area contributed by atoms with Crippen molar-refractivity contribution in [1.82, 2.24) is 4.90 Å². The number of nitrogens with zero attached hydrogens (tertiary/aromatic N) is 1. The Bertz CT molecular complexity index is 527. The second kappa shape index (κ2) is 6.80. The fourth-order valence-corrected chi connectivity index (χ4v) is 2.97. The Labute approximate surface area is 128 Å². The van der Waals surface area contributed by atoms with Crippen LogP contribution in [0.3, 0.4) is 0 Å². The lowest BCUT2D eigenvalue weighted by molar-refractivity contribution is -0.137. The Morgan fingerprint density at radius 2 is 2.14 bits per heavy atom. The molecule has 0 spiro atoms. The summed E-state index contributed by atoms with van der Waals surface area (Å²) in [6, 6.07) is 4.83. The predicted octanol–water partition coefficient (Wildman–Crippen LogP) is 2.64. The zero-order valence-electron chi connectivity index (χ0n) is 11.7. The lowest BCUT2D eigenvalue weighted by Gasteiger charge is -2.32. The molecule has 6 heteroatoms. The lowest BCUT2D eigenvalue weighted by Crippen LogP contribution is -2.40. The number of hydrogen-bond acceptors (Lipinski definition) is 3. The topological polar surface area (TPSA) is 83.6 Å². The van der Waals surface area contributed by atoms with Gasteiger partial charge in [0.1, 0.15) is 0 Å². The molecule has 0 bridgehead atoms. The molecule has 5 nitrogen and oxygen atoms in total. The van der Waals surface area contributed by atoms with Crippen molar-refractivity contribution < 1.29 is 14.7 Å². The number of amides is 1. The van der Waals surface area contributed by atoms with Crippen molar-refractivity contribution >= 4 is 29.2 Å². The average molecular weight is 311 g/mol. The summed E-state index contributed by atoms with van der Waals surface area (Å²) in [7, 11) is 0. The zero-order chi connectivity index (χ0) is 15.4. The molecule has 21 heavy (non-hydrogen) atoms. The second-order valence-corrected chi connectivity index (χ2v) is 5.90. The molecule has 1 heterocycles. The van der Waals surface area contributed by atoms with Crippen molar-refractivity contribution in [2.24, 2.45) is 5.92 Å². The Morgan fingerprint density at radius 1 is 1.38 bits per heavy atom. The van der Waals surface area contributed by atoms with Gasteiger partial charge in [-0.2, -0.15) is 0 Å². The number of carboxylic acids is 1. The van der Waals surface area contributed by atoms with Crippen LogP contribution in [0.1, 0.15) is 36.0 Å². The first-order valence-electron chi connectivity index (χ1n) is 7.03. The van der Waals surface area contributed by atoms with Gasteiger partial charge in [-0.1, -0.05) is 11.6 Å². The van der Waals surface area contributed by atoms with Crippen LogP contribution >= 0.6 is 11.6 Å². The molecule has 1 amide bonds. The van der Waals surface area contributed by atoms with Gasteiger partial charge in [0.25, 0.3) is 5.91 Å². The monoisotopic (exact) mass is 310 g/mol. The number of hydrogen-bond donors (Lipinski definition) is 2. The number of benzene rings is 1. The molecular weight excluding hydrogens is 292 g/mol. The highest BCUT2D eigenvalue weighted by Gasteiger charge is 2.25. The molecule has 2 rings (SSSR count). The van der Waals surface area contributed by atoms with Gasteiger partial charge < -0.3 is 15.7 Å². The van der Waals surface area contributed by atoms with Gasteiger partial charge in [-0.15, -0.1) is 0 Å². The van der Waals surface area contributed by atoms with Crippen LogP contribution in [-0.4, -0.2) is 35.0 Å². The van der Waals surface area contributed by atoms with Crippen molar-refractivity contribution in [3.63, 3.8) is 0 Å². The van der Waals surface area contributed by atoms with Gasteiger partial charge in [0.05, 0.1) is 0 Å². The van der Waals surface area contributed by atoms with Crippen molar-refractivity contribution in [3.8, 4) is 0 Å². The van der Waals surface area contributed by atoms with Crippen LogP contribution in [-0.2, 0) is 4.79 Å². The summed E-state index contributed by atoms with van der Waals surface area (Å²) >= 11 is 5.93. The number of carbonyl (C=O) groups is 2. The largest absolute Gasteiger partial charge is 0.481 e. The fourth-order valence-electron chi connectivity index (χ4n) is 2.73. The third kappa shape index (κ3) is 4.36. The third-order valence-electron chi connectivity index (χ3n) is 3.74. The summed E-state index contributed by atoms with van der Waals surface area (Å²) in [4.78, 5) is 24.9. The molecule has 1 aromatic carbocycles. The molecule has 1 fully saturated rings. The minimum absolute atomic E-state index is 0.0933. The third-order valence-corrected chi connectivity index (χ3v) is 3.96. The van der Waals surface area contributed by atoms with Crippen LogP contribution in [0.15, 0.2) is 18.2 Å². The number of nitrogens with two attached hydrogens (primary N) is 1. The first-order valence-corrected chi connectivity index (χ1v) is 7.40. The first kappa shape index (κ1) is 15.6. The molecule has 0 aromatic heterocycles. The van der Waals surface area contributed by atoms with Crippen LogP contribution in [0.4, 0.5) is 5.69 Å². The number of aliphatic carboxylic acids is 1. The maximum absolute atomic E-state index is 12.5. The van der Waals surface area contributed by atoms with Gasteiger partial charge in [-0.25, -0.2) is 0 Å². The number of piperidine rings is 1. The molecule has 114 valence electrons. The molecule has 0 aliphatic carbocycles. The lowest BCUT2D eigenvalue weighted by atomic mass is 9.93. The molecule has 1 atom stereocenters. The normalized spacial score (nSPS) is 18.5. The summed E-state index contributed by atoms with van der Waals surface area (Å²) in [6.07, 6.45) is 2.62. The van der Waals surface area contributed by atoms with Crippen LogP contribution in [0, 0.1) is 5.92 Å². The fraction of sp³-hybridized carbons (Fsp3) is 0.467. The number of likely N-dealkylation sites (tertiary alicyclic amines) is 1. The van der Waals surface area contributed by atoms with E-state index < -0.39 is 5.97 Å². The number of carbonyl (C=O) groups excluding carboxylic acids is 1. The predicted molar refractivity (Wildman–Crippen MR) is 81.4 cm³/mol. The van der Waals surface area contributed by atoms with Crippen molar-refractivity contribution in [2.45, 2.75) is 25.7 Å². The van der Waals surface area contributed by atoms with E-state index in [-0.39, 0.29) is 18.2 Å². The van der Waals surface area contributed by atoms with Gasteiger partial charge in [-0.05, 0) is 43.4 Å². The highest BCUT2D eigenvalue weighted by Crippen LogP contribution is 2.24. The highest BCUT2D eigenvalue weighted by molar-refractivity contribution is 6.31. The van der Waals surface area contributed by atoms with Gasteiger partial charge in [0.15, 0.2) is 0 Å². The van der Waals surface area contributed by atoms with E-state index in [1.807, 2.05) is 0 Å². The van der Waals surface area contributed by atoms with Gasteiger partial charge >= 0.3 is 5.97 Å². The smallest absolute Gasteiger partial charge is 0.303 e. The van der Waals surface area contributed by atoms with E-state index in [1.54, 1.807) is 23.1 Å². The van der Waals surface area contributed by atoms with Crippen molar-refractivity contribution in [1.29, 1.82) is 0 Å². The maximum atomic E-state index is 12.5. The molecule has 1 saturated heterocycles. The number of halogens is 1. The number of nitrogen functional groups attached to an aromatic ring is 1. The minimum atomic E-state index is -0.791. The summed E-state index contributed by atoms with van der Waals surface area (Å²) in [5, 5.41) is 9.19. The zero-order valence-corrected chi connectivity index (χ0v) is 12.5. The Balaban J connectivity index is 2.03. The Hall–Kier alpha value is -1.75. The quantitative estimate of drug-likeness (QED) is 0.837. The molecule has 1 aliphatic heterocycles. The number of anilines is 1. The van der Waals surface area contributed by atoms with E-state index in [0.717, 1.165) is 12.8 Å². The van der Waals surface area contributed by atoms with E-state index in [1.165, 1.54) is 0 Å². The molecule has 1 aromatic rings. The Morgan fingerprint density at radius 3 is 2.81 bits per heavy atom. The van der Waals surface area contributed by atoms with Crippen LogP contribution in [0.25, 0.3) is 0 Å². The summed E-state index contributed by atoms with van der Waals surface area (Å²) in [6.45, 7) is 1.29. The SMILES string of the molecule is Nc1cc(Cl)cc(C(=O)N2CCCC(CCC(=O)O)C2)c1. The summed E-state index contributed by atoms with van der Waals surface area (Å²) in [5.41, 5.74) is 6.66. The Kier molecular flexibility index (Phi) is 5.07. The highest BCUT2D eigenvalue weighted by atomic mass is 35.5.